The Balaban J connectivity index is 1.52. The summed E-state index contributed by atoms with van der Waals surface area (Å²) in [5.74, 6) is 2.44. The highest BCUT2D eigenvalue weighted by Gasteiger charge is 2.26. The smallest absolute Gasteiger partial charge is 0.238 e. The third-order valence-electron chi connectivity index (χ3n) is 4.65. The van der Waals surface area contributed by atoms with Gasteiger partial charge in [-0.3, -0.25) is 0 Å². The van der Waals surface area contributed by atoms with Crippen molar-refractivity contribution in [3.8, 4) is 40.2 Å². The van der Waals surface area contributed by atoms with Crippen LogP contribution in [0.1, 0.15) is 11.3 Å². The molecule has 4 aromatic heterocycles. The SMILES string of the molecule is N#Cc1c(N=Cc2ccc(-c3ccc(Cl)c(Cl)c3)o2)oc(-c2ccco2)c1-c1ccco1. The molecule has 5 rings (SSSR count). The van der Waals surface area contributed by atoms with E-state index >= 15 is 0 Å². The lowest BCUT2D eigenvalue weighted by Gasteiger charge is -1.99. The van der Waals surface area contributed by atoms with E-state index in [4.69, 9.17) is 40.9 Å². The van der Waals surface area contributed by atoms with Gasteiger partial charge in [-0.1, -0.05) is 23.2 Å². The van der Waals surface area contributed by atoms with Crippen LogP contribution in [-0.2, 0) is 0 Å². The van der Waals surface area contributed by atoms with Crippen molar-refractivity contribution in [1.82, 2.24) is 0 Å². The monoisotopic (exact) mass is 462 g/mol. The van der Waals surface area contributed by atoms with Crippen molar-refractivity contribution < 1.29 is 17.7 Å². The van der Waals surface area contributed by atoms with E-state index in [0.29, 0.717) is 44.4 Å². The van der Waals surface area contributed by atoms with Crippen LogP contribution in [0.4, 0.5) is 5.88 Å². The first-order valence-corrected chi connectivity index (χ1v) is 10.1. The molecule has 32 heavy (non-hydrogen) atoms. The number of hydrogen-bond donors (Lipinski definition) is 0. The van der Waals surface area contributed by atoms with Gasteiger partial charge in [-0.25, -0.2) is 4.99 Å². The van der Waals surface area contributed by atoms with E-state index in [9.17, 15) is 5.26 Å². The molecule has 0 unspecified atom stereocenters. The van der Waals surface area contributed by atoms with Gasteiger partial charge in [0.25, 0.3) is 0 Å². The van der Waals surface area contributed by atoms with E-state index in [1.807, 2.05) is 0 Å². The number of halogens is 2. The molecule has 0 aliphatic heterocycles. The molecule has 0 spiro atoms. The molecule has 0 fully saturated rings. The Hall–Kier alpha value is -3.92. The van der Waals surface area contributed by atoms with E-state index < -0.39 is 0 Å². The fraction of sp³-hybridized carbons (Fsp3) is 0. The normalized spacial score (nSPS) is 11.3. The highest BCUT2D eigenvalue weighted by atomic mass is 35.5. The zero-order chi connectivity index (χ0) is 22.1. The molecule has 5 aromatic rings. The Morgan fingerprint density at radius 2 is 1.62 bits per heavy atom. The van der Waals surface area contributed by atoms with Gasteiger partial charge in [0.15, 0.2) is 11.5 Å². The molecule has 0 saturated heterocycles. The largest absolute Gasteiger partial charge is 0.464 e. The van der Waals surface area contributed by atoms with E-state index in [0.717, 1.165) is 5.56 Å². The zero-order valence-corrected chi connectivity index (χ0v) is 17.7. The maximum absolute atomic E-state index is 9.80. The fourth-order valence-electron chi connectivity index (χ4n) is 3.20. The molecule has 0 N–H and O–H groups in total. The Morgan fingerprint density at radius 3 is 2.31 bits per heavy atom. The van der Waals surface area contributed by atoms with Crippen LogP contribution in [0.25, 0.3) is 34.2 Å². The Morgan fingerprint density at radius 1 is 0.844 bits per heavy atom. The van der Waals surface area contributed by atoms with Gasteiger partial charge in [0, 0.05) is 5.56 Å². The van der Waals surface area contributed by atoms with E-state index in [1.54, 1.807) is 54.6 Å². The summed E-state index contributed by atoms with van der Waals surface area (Å²) in [5, 5.41) is 10.7. The molecule has 1 aromatic carbocycles. The van der Waals surface area contributed by atoms with Crippen LogP contribution in [0.5, 0.6) is 0 Å². The third-order valence-corrected chi connectivity index (χ3v) is 5.39. The van der Waals surface area contributed by atoms with Crippen molar-refractivity contribution in [2.24, 2.45) is 4.99 Å². The summed E-state index contributed by atoms with van der Waals surface area (Å²) >= 11 is 12.1. The molecule has 0 aliphatic carbocycles. The number of benzene rings is 1. The molecule has 0 atom stereocenters. The van der Waals surface area contributed by atoms with E-state index in [2.05, 4.69) is 11.1 Å². The highest BCUT2D eigenvalue weighted by Crippen LogP contribution is 2.42. The fourth-order valence-corrected chi connectivity index (χ4v) is 3.50. The van der Waals surface area contributed by atoms with Crippen molar-refractivity contribution >= 4 is 35.3 Å². The van der Waals surface area contributed by atoms with Crippen LogP contribution in [0, 0.1) is 11.3 Å². The van der Waals surface area contributed by atoms with Crippen molar-refractivity contribution in [2.45, 2.75) is 0 Å². The first kappa shape index (κ1) is 20.0. The lowest BCUT2D eigenvalue weighted by atomic mass is 10.1. The van der Waals surface area contributed by atoms with Crippen LogP contribution in [-0.4, -0.2) is 6.21 Å². The maximum Gasteiger partial charge on any atom is 0.238 e. The predicted molar refractivity (Wildman–Crippen MR) is 120 cm³/mol. The van der Waals surface area contributed by atoms with Crippen molar-refractivity contribution in [3.63, 3.8) is 0 Å². The van der Waals surface area contributed by atoms with Crippen LogP contribution in [0.3, 0.4) is 0 Å². The number of rotatable bonds is 5. The molecular formula is C24H12Cl2N2O4. The lowest BCUT2D eigenvalue weighted by Crippen LogP contribution is -1.80. The second-order valence-corrected chi connectivity index (χ2v) is 7.46. The second-order valence-electron chi connectivity index (χ2n) is 6.64. The number of furan rings is 4. The first-order chi connectivity index (χ1) is 15.6. The van der Waals surface area contributed by atoms with E-state index in [1.165, 1.54) is 18.7 Å². The molecule has 6 nitrogen and oxygen atoms in total. The van der Waals surface area contributed by atoms with Gasteiger partial charge in [0.1, 0.15) is 28.9 Å². The molecule has 0 bridgehead atoms. The molecule has 4 heterocycles. The quantitative estimate of drug-likeness (QED) is 0.247. The van der Waals surface area contributed by atoms with Gasteiger partial charge in [0.2, 0.25) is 5.88 Å². The Bertz CT molecular complexity index is 1450. The van der Waals surface area contributed by atoms with Gasteiger partial charge in [-0.05, 0) is 54.6 Å². The first-order valence-electron chi connectivity index (χ1n) is 9.38. The molecular weight excluding hydrogens is 451 g/mol. The second kappa shape index (κ2) is 8.31. The van der Waals surface area contributed by atoms with Crippen LogP contribution in [0.2, 0.25) is 10.0 Å². The van der Waals surface area contributed by atoms with Crippen molar-refractivity contribution in [3.05, 3.63) is 88.5 Å². The topological polar surface area (TPSA) is 88.7 Å². The highest BCUT2D eigenvalue weighted by molar-refractivity contribution is 6.42. The molecule has 8 heteroatoms. The Kier molecular flexibility index (Phi) is 5.20. The number of nitrogens with zero attached hydrogens (tertiary/aromatic N) is 2. The predicted octanol–water partition coefficient (Wildman–Crippen LogP) is 7.99. The molecule has 0 amide bonds. The summed E-state index contributed by atoms with van der Waals surface area (Å²) in [7, 11) is 0. The maximum atomic E-state index is 9.80. The van der Waals surface area contributed by atoms with Crippen LogP contribution in [0.15, 0.2) is 89.8 Å². The molecule has 0 radical (unpaired) electrons. The number of nitriles is 1. The van der Waals surface area contributed by atoms with Crippen LogP contribution < -0.4 is 0 Å². The standard InChI is InChI=1S/C24H12Cl2N2O4/c25-17-7-5-14(11-18(17)26)19-8-6-15(31-19)13-28-24-16(12-27)22(20-3-1-9-29-20)23(32-24)21-4-2-10-30-21/h1-11,13H. The van der Waals surface area contributed by atoms with Gasteiger partial charge in [0.05, 0.1) is 34.3 Å². The van der Waals surface area contributed by atoms with Crippen molar-refractivity contribution in [2.75, 3.05) is 0 Å². The summed E-state index contributed by atoms with van der Waals surface area (Å²) in [6.07, 6.45) is 4.51. The zero-order valence-electron chi connectivity index (χ0n) is 16.2. The minimum atomic E-state index is 0.109. The van der Waals surface area contributed by atoms with Gasteiger partial charge >= 0.3 is 0 Å². The van der Waals surface area contributed by atoms with Crippen LogP contribution >= 0.6 is 23.2 Å². The summed E-state index contributed by atoms with van der Waals surface area (Å²) < 4.78 is 22.7. The molecule has 0 aliphatic rings. The van der Waals surface area contributed by atoms with Gasteiger partial charge < -0.3 is 17.7 Å². The van der Waals surface area contributed by atoms with Crippen molar-refractivity contribution in [1.29, 1.82) is 5.26 Å². The molecule has 0 saturated carbocycles. The number of hydrogen-bond acceptors (Lipinski definition) is 6. The van der Waals surface area contributed by atoms with E-state index in [-0.39, 0.29) is 11.4 Å². The average Bonchev–Trinajstić information content (AvgIpc) is 3.60. The van der Waals surface area contributed by atoms with Gasteiger partial charge in [-0.15, -0.1) is 0 Å². The summed E-state index contributed by atoms with van der Waals surface area (Å²) in [4.78, 5) is 4.35. The summed E-state index contributed by atoms with van der Waals surface area (Å²) in [6, 6.07) is 17.8. The average molecular weight is 463 g/mol. The summed E-state index contributed by atoms with van der Waals surface area (Å²) in [5.41, 5.74) is 1.46. The van der Waals surface area contributed by atoms with Gasteiger partial charge in [-0.2, -0.15) is 5.26 Å². The number of aliphatic imine (C=N–C) groups is 1. The minimum Gasteiger partial charge on any atom is -0.464 e. The minimum absolute atomic E-state index is 0.109. The third kappa shape index (κ3) is 3.65. The Labute approximate surface area is 191 Å². The lowest BCUT2D eigenvalue weighted by molar-refractivity contribution is 0.527. The summed E-state index contributed by atoms with van der Waals surface area (Å²) in [6.45, 7) is 0. The molecule has 156 valence electrons.